The van der Waals surface area contributed by atoms with Crippen LogP contribution in [0.2, 0.25) is 0 Å². The zero-order valence-electron chi connectivity index (χ0n) is 14.5. The number of fused-ring (bicyclic) bond motifs is 1. The molecule has 3 aromatic rings. The van der Waals surface area contributed by atoms with Crippen LogP contribution in [-0.2, 0) is 0 Å². The van der Waals surface area contributed by atoms with Crippen LogP contribution in [-0.4, -0.2) is 36.1 Å². The molecule has 4 N–H and O–H groups in total. The summed E-state index contributed by atoms with van der Waals surface area (Å²) >= 11 is 0. The summed E-state index contributed by atoms with van der Waals surface area (Å²) in [5, 5.41) is 13.4. The first-order valence-corrected chi connectivity index (χ1v) is 8.66. The normalized spacial score (nSPS) is 23.3. The molecule has 0 saturated heterocycles. The SMILES string of the molecule is C[C@]1(O)CC[C@H](Nc2nc(-c3cnc4ccc(F)cn34)ncc2N)CC1. The Morgan fingerprint density at radius 1 is 1.27 bits per heavy atom. The lowest BCUT2D eigenvalue weighted by atomic mass is 9.84. The zero-order valence-corrected chi connectivity index (χ0v) is 14.5. The van der Waals surface area contributed by atoms with Gasteiger partial charge in [-0.25, -0.2) is 19.3 Å². The van der Waals surface area contributed by atoms with Gasteiger partial charge in [-0.2, -0.15) is 0 Å². The first-order chi connectivity index (χ1) is 12.4. The van der Waals surface area contributed by atoms with Gasteiger partial charge in [0.1, 0.15) is 17.2 Å². The van der Waals surface area contributed by atoms with Crippen LogP contribution < -0.4 is 11.1 Å². The Morgan fingerprint density at radius 2 is 2.04 bits per heavy atom. The van der Waals surface area contributed by atoms with Gasteiger partial charge < -0.3 is 16.2 Å². The van der Waals surface area contributed by atoms with Gasteiger partial charge in [-0.1, -0.05) is 0 Å². The minimum atomic E-state index is -0.596. The molecule has 0 aliphatic heterocycles. The number of nitrogens with two attached hydrogens (primary N) is 1. The Labute approximate surface area is 150 Å². The predicted molar refractivity (Wildman–Crippen MR) is 97.1 cm³/mol. The van der Waals surface area contributed by atoms with E-state index in [9.17, 15) is 9.50 Å². The molecule has 4 rings (SSSR count). The largest absolute Gasteiger partial charge is 0.394 e. The number of hydrogen-bond acceptors (Lipinski definition) is 6. The van der Waals surface area contributed by atoms with Crippen LogP contribution >= 0.6 is 0 Å². The van der Waals surface area contributed by atoms with Gasteiger partial charge in [-0.3, -0.25) is 4.40 Å². The molecule has 0 spiro atoms. The van der Waals surface area contributed by atoms with Gasteiger partial charge in [0.05, 0.1) is 23.7 Å². The van der Waals surface area contributed by atoms with Gasteiger partial charge in [0, 0.05) is 12.2 Å². The molecule has 136 valence electrons. The topological polar surface area (TPSA) is 101 Å². The molecule has 0 radical (unpaired) electrons. The van der Waals surface area contributed by atoms with E-state index in [4.69, 9.17) is 5.73 Å². The number of nitrogens with zero attached hydrogens (tertiary/aromatic N) is 4. The van der Waals surface area contributed by atoms with E-state index in [0.29, 0.717) is 28.7 Å². The van der Waals surface area contributed by atoms with Crippen molar-refractivity contribution in [3.05, 3.63) is 36.5 Å². The Kier molecular flexibility index (Phi) is 3.99. The number of hydrogen-bond donors (Lipinski definition) is 3. The lowest BCUT2D eigenvalue weighted by Gasteiger charge is -2.33. The van der Waals surface area contributed by atoms with E-state index < -0.39 is 5.60 Å². The fourth-order valence-corrected chi connectivity index (χ4v) is 3.33. The third-order valence-electron chi connectivity index (χ3n) is 4.92. The van der Waals surface area contributed by atoms with Crippen LogP contribution in [0.25, 0.3) is 17.2 Å². The molecule has 1 aliphatic rings. The molecule has 1 saturated carbocycles. The third kappa shape index (κ3) is 3.20. The molecule has 0 aromatic carbocycles. The molecule has 0 unspecified atom stereocenters. The smallest absolute Gasteiger partial charge is 0.180 e. The molecule has 0 bridgehead atoms. The van der Waals surface area contributed by atoms with E-state index in [2.05, 4.69) is 20.3 Å². The van der Waals surface area contributed by atoms with Crippen LogP contribution in [0, 0.1) is 5.82 Å². The van der Waals surface area contributed by atoms with Crippen molar-refractivity contribution < 1.29 is 9.50 Å². The first kappa shape index (κ1) is 16.7. The quantitative estimate of drug-likeness (QED) is 0.667. The van der Waals surface area contributed by atoms with E-state index in [1.807, 2.05) is 6.92 Å². The first-order valence-electron chi connectivity index (χ1n) is 8.66. The van der Waals surface area contributed by atoms with Crippen LogP contribution in [0.1, 0.15) is 32.6 Å². The lowest BCUT2D eigenvalue weighted by Crippen LogP contribution is -2.36. The molecule has 0 amide bonds. The summed E-state index contributed by atoms with van der Waals surface area (Å²) < 4.78 is 15.2. The number of aromatic nitrogens is 4. The maximum Gasteiger partial charge on any atom is 0.180 e. The minimum absolute atomic E-state index is 0.194. The van der Waals surface area contributed by atoms with Crippen molar-refractivity contribution in [2.75, 3.05) is 11.1 Å². The van der Waals surface area contributed by atoms with Gasteiger partial charge in [-0.15, -0.1) is 0 Å². The summed E-state index contributed by atoms with van der Waals surface area (Å²) in [6, 6.07) is 3.16. The molecule has 1 fully saturated rings. The molecule has 26 heavy (non-hydrogen) atoms. The highest BCUT2D eigenvalue weighted by molar-refractivity contribution is 5.65. The number of anilines is 2. The highest BCUT2D eigenvalue weighted by Gasteiger charge is 2.29. The summed E-state index contributed by atoms with van der Waals surface area (Å²) in [6.45, 7) is 1.87. The van der Waals surface area contributed by atoms with Gasteiger partial charge in [0.2, 0.25) is 0 Å². The minimum Gasteiger partial charge on any atom is -0.394 e. The number of rotatable bonds is 3. The molecule has 3 aromatic heterocycles. The van der Waals surface area contributed by atoms with Gasteiger partial charge in [0.15, 0.2) is 11.6 Å². The molecule has 8 heteroatoms. The number of nitrogens with one attached hydrogen (secondary N) is 1. The number of nitrogen functional groups attached to an aromatic ring is 1. The fraction of sp³-hybridized carbons (Fsp3) is 0.389. The number of halogens is 1. The zero-order chi connectivity index (χ0) is 18.3. The fourth-order valence-electron chi connectivity index (χ4n) is 3.33. The van der Waals surface area contributed by atoms with E-state index in [1.54, 1.807) is 22.9 Å². The second kappa shape index (κ2) is 6.21. The van der Waals surface area contributed by atoms with Crippen molar-refractivity contribution in [1.82, 2.24) is 19.4 Å². The highest BCUT2D eigenvalue weighted by atomic mass is 19.1. The number of imidazole rings is 1. The average molecular weight is 356 g/mol. The van der Waals surface area contributed by atoms with Crippen molar-refractivity contribution in [2.24, 2.45) is 0 Å². The molecule has 0 atom stereocenters. The molecular weight excluding hydrogens is 335 g/mol. The summed E-state index contributed by atoms with van der Waals surface area (Å²) in [5.41, 5.74) is 7.09. The highest BCUT2D eigenvalue weighted by Crippen LogP contribution is 2.30. The van der Waals surface area contributed by atoms with Crippen LogP contribution in [0.15, 0.2) is 30.7 Å². The summed E-state index contributed by atoms with van der Waals surface area (Å²) in [6.07, 6.45) is 7.65. The van der Waals surface area contributed by atoms with Crippen molar-refractivity contribution in [1.29, 1.82) is 0 Å². The van der Waals surface area contributed by atoms with Gasteiger partial charge in [0.25, 0.3) is 0 Å². The van der Waals surface area contributed by atoms with Crippen LogP contribution in [0.5, 0.6) is 0 Å². The number of pyridine rings is 1. The Bertz CT molecular complexity index is 944. The summed E-state index contributed by atoms with van der Waals surface area (Å²) in [5.74, 6) is 0.607. The maximum absolute atomic E-state index is 13.6. The standard InChI is InChI=1S/C18H21FN6O/c1-18(26)6-4-12(5-7-18)23-16-13(20)8-22-17(24-16)14-9-21-15-3-2-11(19)10-25(14)15/h2-3,8-10,12,26H,4-7,20H2,1H3,(H,22,23,24)/t12-,18-. The van der Waals surface area contributed by atoms with Crippen LogP contribution in [0.3, 0.4) is 0 Å². The van der Waals surface area contributed by atoms with E-state index >= 15 is 0 Å². The predicted octanol–water partition coefficient (Wildman–Crippen LogP) is 2.62. The average Bonchev–Trinajstić information content (AvgIpc) is 3.01. The molecule has 7 nitrogen and oxygen atoms in total. The van der Waals surface area contributed by atoms with Crippen molar-refractivity contribution in [2.45, 2.75) is 44.2 Å². The Hall–Kier alpha value is -2.74. The molecular formula is C18H21FN6O. The second-order valence-electron chi connectivity index (χ2n) is 7.13. The number of aliphatic hydroxyl groups is 1. The van der Waals surface area contributed by atoms with Gasteiger partial charge >= 0.3 is 0 Å². The summed E-state index contributed by atoms with van der Waals surface area (Å²) in [7, 11) is 0. The monoisotopic (exact) mass is 356 g/mol. The summed E-state index contributed by atoms with van der Waals surface area (Å²) in [4.78, 5) is 13.1. The van der Waals surface area contributed by atoms with E-state index in [0.717, 1.165) is 25.7 Å². The van der Waals surface area contributed by atoms with Crippen molar-refractivity contribution >= 4 is 17.2 Å². The molecule has 1 aliphatic carbocycles. The van der Waals surface area contributed by atoms with Gasteiger partial charge in [-0.05, 0) is 44.7 Å². The lowest BCUT2D eigenvalue weighted by molar-refractivity contribution is 0.0196. The molecule has 3 heterocycles. The third-order valence-corrected chi connectivity index (χ3v) is 4.92. The van der Waals surface area contributed by atoms with Crippen LogP contribution in [0.4, 0.5) is 15.9 Å². The van der Waals surface area contributed by atoms with Crippen molar-refractivity contribution in [3.63, 3.8) is 0 Å². The Balaban J connectivity index is 1.63. The second-order valence-corrected chi connectivity index (χ2v) is 7.13. The maximum atomic E-state index is 13.6. The van der Waals surface area contributed by atoms with E-state index in [-0.39, 0.29) is 11.9 Å². The Morgan fingerprint density at radius 3 is 2.81 bits per heavy atom. The van der Waals surface area contributed by atoms with Crippen molar-refractivity contribution in [3.8, 4) is 11.5 Å². The van der Waals surface area contributed by atoms with E-state index in [1.165, 1.54) is 12.3 Å².